The standard InChI is InChI=1S/C26H32FN7O2.ClH/c1-3-32-10-12-33(13-11-32)25(35)19-4-6-20(7-5-19)30-26-29-16-22(27)24(31-26)23-17-28-18(2)34(23)21-8-14-36-15-9-21;/h4-7,16-17,21H,3,8-15H2,1-2H3,(H,29,30,31);1H. The largest absolute Gasteiger partial charge is 0.381 e. The van der Waals surface area contributed by atoms with E-state index in [2.05, 4.69) is 36.7 Å². The molecule has 37 heavy (non-hydrogen) atoms. The number of amides is 1. The second-order valence-electron chi connectivity index (χ2n) is 9.22. The molecule has 1 N–H and O–H groups in total. The lowest BCUT2D eigenvalue weighted by atomic mass is 10.1. The smallest absolute Gasteiger partial charge is 0.253 e. The molecule has 2 aromatic heterocycles. The number of halogens is 2. The number of nitrogens with one attached hydrogen (secondary N) is 1. The highest BCUT2D eigenvalue weighted by Crippen LogP contribution is 2.31. The summed E-state index contributed by atoms with van der Waals surface area (Å²) in [7, 11) is 0. The molecule has 11 heteroatoms. The fraction of sp³-hybridized carbons (Fsp3) is 0.462. The highest BCUT2D eigenvalue weighted by molar-refractivity contribution is 5.94. The van der Waals surface area contributed by atoms with Crippen molar-refractivity contribution in [2.45, 2.75) is 32.7 Å². The number of nitrogens with zero attached hydrogens (tertiary/aromatic N) is 6. The van der Waals surface area contributed by atoms with Gasteiger partial charge in [0.2, 0.25) is 5.95 Å². The Balaban J connectivity index is 0.00000320. The van der Waals surface area contributed by atoms with Crippen molar-refractivity contribution in [2.24, 2.45) is 0 Å². The van der Waals surface area contributed by atoms with Gasteiger partial charge in [0.05, 0.1) is 18.1 Å². The molecular weight excluding hydrogens is 497 g/mol. The first-order valence-electron chi connectivity index (χ1n) is 12.6. The Bertz CT molecular complexity index is 1210. The Hall–Kier alpha value is -3.08. The summed E-state index contributed by atoms with van der Waals surface area (Å²) in [6, 6.07) is 7.42. The summed E-state index contributed by atoms with van der Waals surface area (Å²) in [5.41, 5.74) is 2.19. The van der Waals surface area contributed by atoms with Crippen molar-refractivity contribution in [3.8, 4) is 11.4 Å². The van der Waals surface area contributed by atoms with Crippen LogP contribution in [0.5, 0.6) is 0 Å². The van der Waals surface area contributed by atoms with Crippen molar-refractivity contribution in [1.29, 1.82) is 0 Å². The average Bonchev–Trinajstić information content (AvgIpc) is 3.31. The molecule has 0 atom stereocenters. The van der Waals surface area contributed by atoms with Crippen LogP contribution in [0.15, 0.2) is 36.7 Å². The lowest BCUT2D eigenvalue weighted by Gasteiger charge is -2.34. The minimum Gasteiger partial charge on any atom is -0.381 e. The molecule has 0 saturated carbocycles. The Morgan fingerprint density at radius 1 is 1.08 bits per heavy atom. The first kappa shape index (κ1) is 27.0. The molecule has 3 aromatic rings. The van der Waals surface area contributed by atoms with Crippen LogP contribution in [0.2, 0.25) is 0 Å². The van der Waals surface area contributed by atoms with Gasteiger partial charge in [0.15, 0.2) is 5.82 Å². The molecule has 0 unspecified atom stereocenters. The molecule has 9 nitrogen and oxygen atoms in total. The molecule has 0 aliphatic carbocycles. The highest BCUT2D eigenvalue weighted by Gasteiger charge is 2.24. The number of aromatic nitrogens is 4. The number of carbonyl (C=O) groups excluding carboxylic acids is 1. The monoisotopic (exact) mass is 529 g/mol. The maximum absolute atomic E-state index is 14.9. The lowest BCUT2D eigenvalue weighted by Crippen LogP contribution is -2.48. The summed E-state index contributed by atoms with van der Waals surface area (Å²) in [6.07, 6.45) is 4.54. The molecule has 2 fully saturated rings. The SMILES string of the molecule is CCN1CCN(C(=O)c2ccc(Nc3ncc(F)c(-c4cnc(C)n4C4CCOCC4)n3)cc2)CC1.Cl. The molecule has 0 spiro atoms. The molecule has 0 bridgehead atoms. The van der Waals surface area contributed by atoms with Gasteiger partial charge >= 0.3 is 0 Å². The molecule has 1 aromatic carbocycles. The average molecular weight is 530 g/mol. The first-order chi connectivity index (χ1) is 17.5. The number of anilines is 2. The van der Waals surface area contributed by atoms with Gasteiger partial charge in [-0.25, -0.2) is 19.3 Å². The molecular formula is C26H33ClFN7O2. The predicted molar refractivity (Wildman–Crippen MR) is 142 cm³/mol. The van der Waals surface area contributed by atoms with E-state index in [4.69, 9.17) is 4.74 Å². The van der Waals surface area contributed by atoms with Crippen LogP contribution in [0.3, 0.4) is 0 Å². The van der Waals surface area contributed by atoms with E-state index in [1.54, 1.807) is 18.3 Å². The molecule has 1 amide bonds. The van der Waals surface area contributed by atoms with E-state index in [-0.39, 0.29) is 36.0 Å². The summed E-state index contributed by atoms with van der Waals surface area (Å²) in [6.45, 7) is 9.70. The summed E-state index contributed by atoms with van der Waals surface area (Å²) in [4.78, 5) is 30.2. The van der Waals surface area contributed by atoms with E-state index in [0.29, 0.717) is 30.2 Å². The zero-order valence-electron chi connectivity index (χ0n) is 21.2. The van der Waals surface area contributed by atoms with E-state index in [1.165, 1.54) is 6.20 Å². The van der Waals surface area contributed by atoms with E-state index in [9.17, 15) is 9.18 Å². The summed E-state index contributed by atoms with van der Waals surface area (Å²) >= 11 is 0. The number of hydrogen-bond acceptors (Lipinski definition) is 7. The maximum Gasteiger partial charge on any atom is 0.253 e. The number of hydrogen-bond donors (Lipinski definition) is 1. The van der Waals surface area contributed by atoms with Crippen molar-refractivity contribution in [3.05, 3.63) is 53.9 Å². The fourth-order valence-corrected chi connectivity index (χ4v) is 4.91. The van der Waals surface area contributed by atoms with Crippen molar-refractivity contribution >= 4 is 29.9 Å². The van der Waals surface area contributed by atoms with Crippen LogP contribution >= 0.6 is 12.4 Å². The minimum atomic E-state index is -0.502. The van der Waals surface area contributed by atoms with Gasteiger partial charge in [0, 0.05) is 56.7 Å². The van der Waals surface area contributed by atoms with Gasteiger partial charge in [0.25, 0.3) is 5.91 Å². The molecule has 0 radical (unpaired) electrons. The van der Waals surface area contributed by atoms with Crippen LogP contribution < -0.4 is 5.32 Å². The number of rotatable bonds is 6. The number of benzene rings is 1. The van der Waals surface area contributed by atoms with E-state index >= 15 is 0 Å². The Labute approximate surface area is 222 Å². The Morgan fingerprint density at radius 3 is 2.46 bits per heavy atom. The van der Waals surface area contributed by atoms with Gasteiger partial charge < -0.3 is 24.4 Å². The third-order valence-electron chi connectivity index (χ3n) is 7.02. The summed E-state index contributed by atoms with van der Waals surface area (Å²) < 4.78 is 22.4. The van der Waals surface area contributed by atoms with Crippen molar-refractivity contribution < 1.29 is 13.9 Å². The van der Waals surface area contributed by atoms with Crippen molar-refractivity contribution in [1.82, 2.24) is 29.3 Å². The van der Waals surface area contributed by atoms with Crippen LogP contribution in [0.4, 0.5) is 16.0 Å². The van der Waals surface area contributed by atoms with E-state index in [0.717, 1.165) is 51.4 Å². The fourth-order valence-electron chi connectivity index (χ4n) is 4.91. The molecule has 2 aliphatic heterocycles. The quantitative estimate of drug-likeness (QED) is 0.514. The van der Waals surface area contributed by atoms with Gasteiger partial charge in [-0.1, -0.05) is 6.92 Å². The molecule has 2 aliphatic rings. The normalized spacial score (nSPS) is 16.9. The molecule has 4 heterocycles. The summed E-state index contributed by atoms with van der Waals surface area (Å²) in [5.74, 6) is 0.631. The van der Waals surface area contributed by atoms with Crippen LogP contribution in [0, 0.1) is 12.7 Å². The second-order valence-corrected chi connectivity index (χ2v) is 9.22. The Kier molecular flexibility index (Phi) is 8.73. The van der Waals surface area contributed by atoms with Gasteiger partial charge in [-0.15, -0.1) is 12.4 Å². The van der Waals surface area contributed by atoms with Crippen LogP contribution in [-0.2, 0) is 4.74 Å². The van der Waals surface area contributed by atoms with Gasteiger partial charge in [-0.3, -0.25) is 4.79 Å². The minimum absolute atomic E-state index is 0. The number of piperazine rings is 1. The van der Waals surface area contributed by atoms with Gasteiger partial charge in [0.1, 0.15) is 11.5 Å². The molecule has 2 saturated heterocycles. The lowest BCUT2D eigenvalue weighted by molar-refractivity contribution is 0.0643. The van der Waals surface area contributed by atoms with E-state index in [1.807, 2.05) is 24.0 Å². The van der Waals surface area contributed by atoms with Crippen molar-refractivity contribution in [2.75, 3.05) is 51.3 Å². The van der Waals surface area contributed by atoms with Gasteiger partial charge in [-0.05, 0) is 50.6 Å². The second kappa shape index (κ2) is 12.0. The number of likely N-dealkylation sites (N-methyl/N-ethyl adjacent to an activating group) is 1. The van der Waals surface area contributed by atoms with Gasteiger partial charge in [-0.2, -0.15) is 0 Å². The zero-order valence-corrected chi connectivity index (χ0v) is 22.0. The zero-order chi connectivity index (χ0) is 25.1. The highest BCUT2D eigenvalue weighted by atomic mass is 35.5. The van der Waals surface area contributed by atoms with Crippen LogP contribution in [0.1, 0.15) is 42.0 Å². The van der Waals surface area contributed by atoms with E-state index < -0.39 is 5.82 Å². The van der Waals surface area contributed by atoms with Crippen molar-refractivity contribution in [3.63, 3.8) is 0 Å². The Morgan fingerprint density at radius 2 is 1.78 bits per heavy atom. The molecule has 5 rings (SSSR count). The summed E-state index contributed by atoms with van der Waals surface area (Å²) in [5, 5.41) is 3.14. The number of imidazole rings is 1. The molecule has 198 valence electrons. The number of ether oxygens (including phenoxy) is 1. The predicted octanol–water partition coefficient (Wildman–Crippen LogP) is 4.08. The first-order valence-corrected chi connectivity index (χ1v) is 12.6. The number of carbonyl (C=O) groups is 1. The third kappa shape index (κ3) is 5.92. The number of aryl methyl sites for hydroxylation is 1. The van der Waals surface area contributed by atoms with Crippen LogP contribution in [0.25, 0.3) is 11.4 Å². The third-order valence-corrected chi connectivity index (χ3v) is 7.02. The maximum atomic E-state index is 14.9. The van der Waals surface area contributed by atoms with Crippen LogP contribution in [-0.4, -0.2) is 81.2 Å². The topological polar surface area (TPSA) is 88.4 Å².